The number of hydrogen-bond donors (Lipinski definition) is 9. The Labute approximate surface area is 177 Å². The summed E-state index contributed by atoms with van der Waals surface area (Å²) < 4.78 is 4.68. The number of nitrogens with one attached hydrogen (secondary N) is 1. The number of aliphatic hydroxyl groups excluding tert-OH is 4. The fraction of sp³-hybridized carbons (Fsp3) is 0.889. The van der Waals surface area contributed by atoms with Crippen LogP contribution < -0.4 is 22.5 Å². The van der Waals surface area contributed by atoms with E-state index in [1.165, 1.54) is 0 Å². The van der Waals surface area contributed by atoms with Crippen LogP contribution in [0.2, 0.25) is 0 Å². The van der Waals surface area contributed by atoms with Crippen LogP contribution in [0.1, 0.15) is 38.5 Å². The van der Waals surface area contributed by atoms with Crippen molar-refractivity contribution in [3.05, 3.63) is 0 Å². The molecule has 0 spiro atoms. The van der Waals surface area contributed by atoms with Crippen molar-refractivity contribution in [1.29, 1.82) is 0 Å². The number of aliphatic carboxylic acids is 1. The fourth-order valence-electron chi connectivity index (χ4n) is 2.11. The van der Waals surface area contributed by atoms with Crippen molar-refractivity contribution < 1.29 is 39.9 Å². The molecule has 0 rings (SSSR count). The SMILES string of the molecule is NCCCC[C@H](N)C(=O)OCC(O)CO.NCCCC[C@H](NCC(O)CO)C(=O)O. The number of hydrogen-bond acceptors (Lipinski definition) is 11. The number of carboxylic acids is 1. The highest BCUT2D eigenvalue weighted by Crippen LogP contribution is 2.01. The molecule has 0 saturated carbocycles. The normalized spacial score (nSPS) is 14.8. The molecule has 12 N–H and O–H groups in total. The first-order chi connectivity index (χ1) is 14.2. The second kappa shape index (κ2) is 20.9. The fourth-order valence-corrected chi connectivity index (χ4v) is 2.11. The quantitative estimate of drug-likeness (QED) is 0.0805. The van der Waals surface area contributed by atoms with Gasteiger partial charge in [-0.1, -0.05) is 12.8 Å². The Morgan fingerprint density at radius 1 is 0.900 bits per heavy atom. The van der Waals surface area contributed by atoms with Gasteiger partial charge in [-0.15, -0.1) is 0 Å². The number of carbonyl (C=O) groups is 2. The van der Waals surface area contributed by atoms with E-state index in [4.69, 9.17) is 42.7 Å². The Hall–Kier alpha value is -1.38. The largest absolute Gasteiger partial charge is 0.480 e. The lowest BCUT2D eigenvalue weighted by Crippen LogP contribution is -2.41. The summed E-state index contributed by atoms with van der Waals surface area (Å²) in [6.45, 7) is 0.171. The Kier molecular flexibility index (Phi) is 21.4. The topological polar surface area (TPSA) is 235 Å². The molecule has 0 aliphatic heterocycles. The smallest absolute Gasteiger partial charge is 0.322 e. The van der Waals surface area contributed by atoms with E-state index in [0.717, 1.165) is 25.7 Å². The van der Waals surface area contributed by atoms with E-state index in [0.29, 0.717) is 25.9 Å². The lowest BCUT2D eigenvalue weighted by atomic mass is 10.1. The number of aliphatic hydroxyl groups is 4. The molecule has 12 nitrogen and oxygen atoms in total. The third-order valence-electron chi connectivity index (χ3n) is 3.96. The second-order valence-corrected chi connectivity index (χ2v) is 6.78. The van der Waals surface area contributed by atoms with E-state index in [9.17, 15) is 9.59 Å². The van der Waals surface area contributed by atoms with E-state index in [2.05, 4.69) is 10.1 Å². The predicted octanol–water partition coefficient (Wildman–Crippen LogP) is -3.15. The molecule has 0 aliphatic carbocycles. The van der Waals surface area contributed by atoms with Gasteiger partial charge in [0, 0.05) is 6.54 Å². The van der Waals surface area contributed by atoms with Crippen molar-refractivity contribution in [1.82, 2.24) is 5.32 Å². The zero-order valence-electron chi connectivity index (χ0n) is 17.5. The average molecular weight is 441 g/mol. The molecule has 0 radical (unpaired) electrons. The highest BCUT2D eigenvalue weighted by molar-refractivity contribution is 5.75. The summed E-state index contributed by atoms with van der Waals surface area (Å²) in [6, 6.07) is -1.36. The summed E-state index contributed by atoms with van der Waals surface area (Å²) in [5.74, 6) is -1.50. The number of nitrogens with two attached hydrogens (primary N) is 3. The highest BCUT2D eigenvalue weighted by atomic mass is 16.5. The monoisotopic (exact) mass is 440 g/mol. The molecule has 4 atom stereocenters. The maximum absolute atomic E-state index is 11.2. The van der Waals surface area contributed by atoms with Gasteiger partial charge >= 0.3 is 11.9 Å². The maximum Gasteiger partial charge on any atom is 0.322 e. The van der Waals surface area contributed by atoms with Gasteiger partial charge in [-0.2, -0.15) is 0 Å². The van der Waals surface area contributed by atoms with E-state index in [1.54, 1.807) is 0 Å². The van der Waals surface area contributed by atoms with Gasteiger partial charge in [-0.3, -0.25) is 9.59 Å². The van der Waals surface area contributed by atoms with E-state index in [-0.39, 0.29) is 19.8 Å². The van der Waals surface area contributed by atoms with E-state index >= 15 is 0 Å². The molecule has 12 heteroatoms. The molecule has 30 heavy (non-hydrogen) atoms. The molecule has 0 amide bonds. The minimum Gasteiger partial charge on any atom is -0.480 e. The molecule has 0 aliphatic rings. The van der Waals surface area contributed by atoms with Crippen LogP contribution in [0, 0.1) is 0 Å². The van der Waals surface area contributed by atoms with Crippen molar-refractivity contribution in [2.75, 3.05) is 39.5 Å². The average Bonchev–Trinajstić information content (AvgIpc) is 2.73. The molecule has 2 unspecified atom stereocenters. The molecule has 180 valence electrons. The first-order valence-corrected chi connectivity index (χ1v) is 10.1. The number of carbonyl (C=O) groups excluding carboxylic acids is 1. The van der Waals surface area contributed by atoms with Crippen LogP contribution in [0.15, 0.2) is 0 Å². The Morgan fingerprint density at radius 2 is 1.43 bits per heavy atom. The molecule has 0 aromatic carbocycles. The summed E-state index contributed by atoms with van der Waals surface area (Å²) in [7, 11) is 0. The van der Waals surface area contributed by atoms with Crippen molar-refractivity contribution in [3.63, 3.8) is 0 Å². The van der Waals surface area contributed by atoms with Gasteiger partial charge < -0.3 is 52.8 Å². The Morgan fingerprint density at radius 3 is 1.90 bits per heavy atom. The first kappa shape index (κ1) is 30.8. The number of unbranched alkanes of at least 4 members (excludes halogenated alkanes) is 2. The van der Waals surface area contributed by atoms with Crippen LogP contribution in [0.3, 0.4) is 0 Å². The van der Waals surface area contributed by atoms with Gasteiger partial charge in [-0.05, 0) is 38.8 Å². The summed E-state index contributed by atoms with van der Waals surface area (Å²) in [6.07, 6.45) is 2.15. The molecule has 0 fully saturated rings. The third kappa shape index (κ3) is 18.6. The van der Waals surface area contributed by atoms with Gasteiger partial charge in [0.15, 0.2) is 0 Å². The summed E-state index contributed by atoms with van der Waals surface area (Å²) in [4.78, 5) is 21.9. The molecule has 0 saturated heterocycles. The minimum atomic E-state index is -1.04. The molecule has 0 aromatic rings. The van der Waals surface area contributed by atoms with Gasteiger partial charge in [-0.25, -0.2) is 0 Å². The molecule has 0 heterocycles. The highest BCUT2D eigenvalue weighted by Gasteiger charge is 2.17. The van der Waals surface area contributed by atoms with Gasteiger partial charge in [0.2, 0.25) is 0 Å². The molecular formula is C18H40N4O8. The van der Waals surface area contributed by atoms with Crippen LogP contribution >= 0.6 is 0 Å². The Bertz CT molecular complexity index is 431. The van der Waals surface area contributed by atoms with Gasteiger partial charge in [0.05, 0.1) is 19.3 Å². The summed E-state index contributed by atoms with van der Waals surface area (Å²) in [5.41, 5.74) is 16.1. The van der Waals surface area contributed by atoms with Gasteiger partial charge in [0.25, 0.3) is 0 Å². The van der Waals surface area contributed by atoms with Crippen LogP contribution in [0.4, 0.5) is 0 Å². The minimum absolute atomic E-state index is 0.0795. The second-order valence-electron chi connectivity index (χ2n) is 6.78. The first-order valence-electron chi connectivity index (χ1n) is 10.1. The predicted molar refractivity (Wildman–Crippen MR) is 110 cm³/mol. The zero-order chi connectivity index (χ0) is 23.4. The number of esters is 1. The van der Waals surface area contributed by atoms with Crippen molar-refractivity contribution in [2.24, 2.45) is 17.2 Å². The van der Waals surface area contributed by atoms with Gasteiger partial charge in [0.1, 0.15) is 24.8 Å². The van der Waals surface area contributed by atoms with Crippen LogP contribution in [-0.4, -0.2) is 101 Å². The summed E-state index contributed by atoms with van der Waals surface area (Å²) >= 11 is 0. The number of carboxylic acid groups (broad SMARTS) is 1. The van der Waals surface area contributed by atoms with Crippen LogP contribution in [0.5, 0.6) is 0 Å². The van der Waals surface area contributed by atoms with Crippen molar-refractivity contribution in [2.45, 2.75) is 62.8 Å². The number of ether oxygens (including phenoxy) is 1. The summed E-state index contributed by atoms with van der Waals surface area (Å²) in [5, 5.41) is 46.5. The number of rotatable bonds is 17. The maximum atomic E-state index is 11.2. The van der Waals surface area contributed by atoms with E-state index < -0.39 is 42.8 Å². The zero-order valence-corrected chi connectivity index (χ0v) is 17.5. The van der Waals surface area contributed by atoms with Crippen LogP contribution in [-0.2, 0) is 14.3 Å². The third-order valence-corrected chi connectivity index (χ3v) is 3.96. The standard InChI is InChI=1S/2C9H20N2O4/c10-4-2-1-3-8(11)9(14)15-6-7(13)5-12;10-4-2-1-3-8(9(14)15)11-5-7(13)6-12/h7-8,12-13H,1-6,10-11H2;7-8,11-13H,1-6,10H2,(H,14,15)/t2*7?,8-/m00/s1. The van der Waals surface area contributed by atoms with Crippen molar-refractivity contribution in [3.8, 4) is 0 Å². The van der Waals surface area contributed by atoms with Crippen molar-refractivity contribution >= 4 is 11.9 Å². The molecule has 0 aromatic heterocycles. The molecular weight excluding hydrogens is 400 g/mol. The lowest BCUT2D eigenvalue weighted by Gasteiger charge is -2.16. The van der Waals surface area contributed by atoms with E-state index in [1.807, 2.05) is 0 Å². The molecule has 0 bridgehead atoms. The lowest BCUT2D eigenvalue weighted by molar-refractivity contribution is -0.149. The Balaban J connectivity index is 0. The van der Waals surface area contributed by atoms with Crippen LogP contribution in [0.25, 0.3) is 0 Å².